The molecule has 5 heteroatoms. The molecule has 0 unspecified atom stereocenters. The second kappa shape index (κ2) is 21.2. The Kier molecular flexibility index (Phi) is 20.3. The zero-order valence-electron chi connectivity index (χ0n) is 17.8. The second-order valence-corrected chi connectivity index (χ2v) is 7.24. The number of carbonyl (C=O) groups is 2. The van der Waals surface area contributed by atoms with E-state index >= 15 is 0 Å². The number of esters is 1. The fourth-order valence-corrected chi connectivity index (χ4v) is 2.86. The molecule has 0 aromatic carbocycles. The lowest BCUT2D eigenvalue weighted by molar-refractivity contribution is -0.275. The van der Waals surface area contributed by atoms with Crippen molar-refractivity contribution < 1.29 is 24.1 Å². The average molecular weight is 387 g/mol. The molecule has 0 rings (SSSR count). The van der Waals surface area contributed by atoms with E-state index in [0.717, 1.165) is 25.7 Å². The van der Waals surface area contributed by atoms with Gasteiger partial charge in [-0.15, -0.1) is 0 Å². The molecule has 5 nitrogen and oxygen atoms in total. The lowest BCUT2D eigenvalue weighted by Crippen LogP contribution is -2.13. The Morgan fingerprint density at radius 2 is 1.00 bits per heavy atom. The normalized spacial score (nSPS) is 10.7. The van der Waals surface area contributed by atoms with Crippen molar-refractivity contribution >= 4 is 11.9 Å². The van der Waals surface area contributed by atoms with Crippen molar-refractivity contribution in [1.82, 2.24) is 0 Å². The van der Waals surface area contributed by atoms with Gasteiger partial charge in [0.15, 0.2) is 0 Å². The first-order chi connectivity index (χ1) is 13.2. The second-order valence-electron chi connectivity index (χ2n) is 7.24. The van der Waals surface area contributed by atoms with E-state index in [4.69, 9.17) is 9.62 Å². The molecule has 0 saturated heterocycles. The van der Waals surface area contributed by atoms with Crippen LogP contribution in [0.4, 0.5) is 0 Å². The van der Waals surface area contributed by atoms with Gasteiger partial charge in [0, 0.05) is 12.8 Å². The molecule has 0 aromatic rings. The number of hydrogen-bond donors (Lipinski definition) is 0. The molecule has 0 spiro atoms. The monoisotopic (exact) mass is 386 g/mol. The molecule has 0 atom stereocenters. The van der Waals surface area contributed by atoms with E-state index in [1.807, 2.05) is 0 Å². The Morgan fingerprint density at radius 3 is 1.52 bits per heavy atom. The van der Waals surface area contributed by atoms with Crippen LogP contribution in [0, 0.1) is 0 Å². The van der Waals surface area contributed by atoms with E-state index in [1.165, 1.54) is 64.2 Å². The van der Waals surface area contributed by atoms with Crippen molar-refractivity contribution in [2.75, 3.05) is 13.2 Å². The van der Waals surface area contributed by atoms with Crippen molar-refractivity contribution in [2.45, 2.75) is 117 Å². The molecule has 0 amide bonds. The van der Waals surface area contributed by atoms with Crippen molar-refractivity contribution in [2.24, 2.45) is 0 Å². The van der Waals surface area contributed by atoms with Crippen LogP contribution >= 0.6 is 0 Å². The van der Waals surface area contributed by atoms with Crippen LogP contribution in [-0.2, 0) is 24.1 Å². The quantitative estimate of drug-likeness (QED) is 0.107. The third-order valence-electron chi connectivity index (χ3n) is 4.55. The van der Waals surface area contributed by atoms with E-state index in [2.05, 4.69) is 18.7 Å². The van der Waals surface area contributed by atoms with Gasteiger partial charge in [-0.25, -0.2) is 4.79 Å². The number of rotatable bonds is 20. The van der Waals surface area contributed by atoms with E-state index in [-0.39, 0.29) is 25.2 Å². The molecule has 0 radical (unpaired) electrons. The fourth-order valence-electron chi connectivity index (χ4n) is 2.86. The molecular weight excluding hydrogens is 344 g/mol. The van der Waals surface area contributed by atoms with Crippen molar-refractivity contribution in [3.8, 4) is 0 Å². The summed E-state index contributed by atoms with van der Waals surface area (Å²) in [6.45, 7) is 4.62. The summed E-state index contributed by atoms with van der Waals surface area (Å²) in [6, 6.07) is 0. The Bertz CT molecular complexity index is 312. The molecule has 0 aromatic heterocycles. The van der Waals surface area contributed by atoms with E-state index in [0.29, 0.717) is 12.8 Å². The molecule has 0 heterocycles. The van der Waals surface area contributed by atoms with Gasteiger partial charge in [-0.1, -0.05) is 90.9 Å². The molecule has 27 heavy (non-hydrogen) atoms. The Labute approximate surface area is 166 Å². The largest absolute Gasteiger partial charge is 0.463 e. The molecule has 0 saturated carbocycles. The summed E-state index contributed by atoms with van der Waals surface area (Å²) in [5.74, 6) is -0.556. The summed E-state index contributed by atoms with van der Waals surface area (Å²) in [5.41, 5.74) is 0. The SMILES string of the molecule is CCCCCCCCCC(=O)OCCOOC(=O)CCCCCCCCC. The molecule has 0 aliphatic rings. The first-order valence-electron chi connectivity index (χ1n) is 11.2. The van der Waals surface area contributed by atoms with E-state index in [9.17, 15) is 9.59 Å². The smallest absolute Gasteiger partial charge is 0.342 e. The van der Waals surface area contributed by atoms with Gasteiger partial charge in [0.25, 0.3) is 0 Å². The summed E-state index contributed by atoms with van der Waals surface area (Å²) < 4.78 is 5.06. The zero-order chi connectivity index (χ0) is 20.0. The van der Waals surface area contributed by atoms with Crippen LogP contribution in [-0.4, -0.2) is 25.2 Å². The summed E-state index contributed by atoms with van der Waals surface area (Å²) in [7, 11) is 0. The maximum absolute atomic E-state index is 11.6. The fraction of sp³-hybridized carbons (Fsp3) is 0.909. The van der Waals surface area contributed by atoms with Gasteiger partial charge >= 0.3 is 11.9 Å². The maximum Gasteiger partial charge on any atom is 0.342 e. The predicted octanol–water partition coefficient (Wildman–Crippen LogP) is 6.29. The van der Waals surface area contributed by atoms with Gasteiger partial charge in [-0.3, -0.25) is 9.68 Å². The number of carbonyl (C=O) groups excluding carboxylic acids is 2. The third kappa shape index (κ3) is 21.1. The van der Waals surface area contributed by atoms with Gasteiger partial charge in [-0.05, 0) is 12.8 Å². The first kappa shape index (κ1) is 25.9. The zero-order valence-corrected chi connectivity index (χ0v) is 17.8. The first-order valence-corrected chi connectivity index (χ1v) is 11.2. The van der Waals surface area contributed by atoms with Crippen LogP contribution in [0.25, 0.3) is 0 Å². The Hall–Kier alpha value is -1.10. The summed E-state index contributed by atoms with van der Waals surface area (Å²) in [4.78, 5) is 32.5. The lowest BCUT2D eigenvalue weighted by atomic mass is 10.1. The molecular formula is C22H42O5. The standard InChI is InChI=1S/C22H42O5/c1-3-5-7-9-11-13-15-17-21(23)25-19-20-26-27-22(24)18-16-14-12-10-8-6-4-2/h3-20H2,1-2H3. The minimum absolute atomic E-state index is 0.0888. The summed E-state index contributed by atoms with van der Waals surface area (Å²) in [6.07, 6.45) is 17.2. The number of unbranched alkanes of at least 4 members (excludes halogenated alkanes) is 12. The summed E-state index contributed by atoms with van der Waals surface area (Å²) in [5, 5.41) is 0. The molecule has 0 aliphatic heterocycles. The van der Waals surface area contributed by atoms with Crippen molar-refractivity contribution in [3.63, 3.8) is 0 Å². The minimum atomic E-state index is -0.349. The lowest BCUT2D eigenvalue weighted by Gasteiger charge is -2.06. The van der Waals surface area contributed by atoms with Gasteiger partial charge in [-0.2, -0.15) is 4.89 Å². The maximum atomic E-state index is 11.6. The topological polar surface area (TPSA) is 61.8 Å². The van der Waals surface area contributed by atoms with Gasteiger partial charge in [0.1, 0.15) is 13.2 Å². The van der Waals surface area contributed by atoms with Crippen LogP contribution in [0.3, 0.4) is 0 Å². The molecule has 0 N–H and O–H groups in total. The number of hydrogen-bond acceptors (Lipinski definition) is 5. The molecule has 0 bridgehead atoms. The molecule has 0 fully saturated rings. The highest BCUT2D eigenvalue weighted by Gasteiger charge is 2.06. The van der Waals surface area contributed by atoms with Crippen molar-refractivity contribution in [1.29, 1.82) is 0 Å². The predicted molar refractivity (Wildman–Crippen MR) is 108 cm³/mol. The van der Waals surface area contributed by atoms with E-state index in [1.54, 1.807) is 0 Å². The van der Waals surface area contributed by atoms with Crippen LogP contribution in [0.15, 0.2) is 0 Å². The Balaban J connectivity index is 3.29. The highest BCUT2D eigenvalue weighted by atomic mass is 17.2. The van der Waals surface area contributed by atoms with Gasteiger partial charge in [0.2, 0.25) is 0 Å². The van der Waals surface area contributed by atoms with Gasteiger partial charge in [0.05, 0.1) is 0 Å². The van der Waals surface area contributed by atoms with Crippen LogP contribution in [0.2, 0.25) is 0 Å². The van der Waals surface area contributed by atoms with Gasteiger partial charge < -0.3 is 4.74 Å². The van der Waals surface area contributed by atoms with Crippen molar-refractivity contribution in [3.05, 3.63) is 0 Å². The van der Waals surface area contributed by atoms with Crippen LogP contribution in [0.1, 0.15) is 117 Å². The third-order valence-corrected chi connectivity index (χ3v) is 4.55. The summed E-state index contributed by atoms with van der Waals surface area (Å²) >= 11 is 0. The molecule has 0 aliphatic carbocycles. The van der Waals surface area contributed by atoms with Crippen LogP contribution < -0.4 is 0 Å². The van der Waals surface area contributed by atoms with Crippen LogP contribution in [0.5, 0.6) is 0 Å². The Morgan fingerprint density at radius 1 is 0.556 bits per heavy atom. The highest BCUT2D eigenvalue weighted by Crippen LogP contribution is 2.10. The average Bonchev–Trinajstić information content (AvgIpc) is 2.66. The minimum Gasteiger partial charge on any atom is -0.463 e. The highest BCUT2D eigenvalue weighted by molar-refractivity contribution is 5.69. The van der Waals surface area contributed by atoms with E-state index < -0.39 is 0 Å². The molecule has 160 valence electrons. The number of ether oxygens (including phenoxy) is 1.